The van der Waals surface area contributed by atoms with E-state index in [0.29, 0.717) is 24.3 Å². The summed E-state index contributed by atoms with van der Waals surface area (Å²) in [6, 6.07) is 16.7. The third-order valence-corrected chi connectivity index (χ3v) is 5.56. The number of imide groups is 1. The van der Waals surface area contributed by atoms with Gasteiger partial charge >= 0.3 is 12.2 Å². The normalized spacial score (nSPS) is 21.6. The Kier molecular flexibility index (Phi) is 7.04. The Labute approximate surface area is 188 Å². The third kappa shape index (κ3) is 6.01. The Balaban J connectivity index is 1.90. The minimum Gasteiger partial charge on any atom is -0.427 e. The second-order valence-electron chi connectivity index (χ2n) is 9.33. The SMILES string of the molecule is CC1(C)CC(N(C(=O)Oc2ccccc2)C(=O)Oc2ccccc2)CC(C)(COC#N)C1. The van der Waals surface area contributed by atoms with E-state index in [9.17, 15) is 9.59 Å². The molecule has 2 aromatic carbocycles. The van der Waals surface area contributed by atoms with Gasteiger partial charge in [-0.05, 0) is 48.9 Å². The minimum atomic E-state index is -0.802. The van der Waals surface area contributed by atoms with Gasteiger partial charge in [0, 0.05) is 11.5 Å². The van der Waals surface area contributed by atoms with Crippen LogP contribution in [0.1, 0.15) is 40.0 Å². The van der Waals surface area contributed by atoms with E-state index in [2.05, 4.69) is 13.8 Å². The van der Waals surface area contributed by atoms with E-state index in [1.807, 2.05) is 19.1 Å². The molecule has 2 amide bonds. The van der Waals surface area contributed by atoms with Crippen LogP contribution in [0.15, 0.2) is 60.7 Å². The summed E-state index contributed by atoms with van der Waals surface area (Å²) in [5, 5.41) is 8.89. The minimum absolute atomic E-state index is 0.200. The van der Waals surface area contributed by atoms with E-state index in [4.69, 9.17) is 19.5 Å². The molecule has 0 saturated heterocycles. The first-order valence-corrected chi connectivity index (χ1v) is 10.6. The third-order valence-electron chi connectivity index (χ3n) is 5.56. The maximum absolute atomic E-state index is 13.2. The molecule has 2 atom stereocenters. The Morgan fingerprint density at radius 1 is 0.938 bits per heavy atom. The Morgan fingerprint density at radius 3 is 1.91 bits per heavy atom. The van der Waals surface area contributed by atoms with Crippen LogP contribution in [0.3, 0.4) is 0 Å². The highest BCUT2D eigenvalue weighted by atomic mass is 16.6. The van der Waals surface area contributed by atoms with Crippen molar-refractivity contribution in [3.05, 3.63) is 60.7 Å². The molecule has 0 bridgehead atoms. The summed E-state index contributed by atoms with van der Waals surface area (Å²) in [7, 11) is 0. The molecule has 0 heterocycles. The molecular weight excluding hydrogens is 408 g/mol. The Morgan fingerprint density at radius 2 is 1.44 bits per heavy atom. The van der Waals surface area contributed by atoms with Crippen molar-refractivity contribution in [2.75, 3.05) is 6.61 Å². The van der Waals surface area contributed by atoms with Gasteiger partial charge in [-0.15, -0.1) is 0 Å². The van der Waals surface area contributed by atoms with Crippen LogP contribution >= 0.6 is 0 Å². The van der Waals surface area contributed by atoms with Crippen LogP contribution in [0, 0.1) is 22.3 Å². The number of carbonyl (C=O) groups is 2. The molecule has 3 rings (SSSR count). The van der Waals surface area contributed by atoms with Crippen LogP contribution in [-0.2, 0) is 4.74 Å². The quantitative estimate of drug-likeness (QED) is 0.553. The fourth-order valence-electron chi connectivity index (χ4n) is 4.73. The molecule has 1 aliphatic rings. The molecule has 32 heavy (non-hydrogen) atoms. The van der Waals surface area contributed by atoms with Gasteiger partial charge in [0.05, 0.1) is 0 Å². The molecule has 168 valence electrons. The van der Waals surface area contributed by atoms with Gasteiger partial charge in [0.15, 0.2) is 0 Å². The molecule has 2 unspecified atom stereocenters. The predicted octanol–water partition coefficient (Wildman–Crippen LogP) is 5.77. The average molecular weight is 437 g/mol. The van der Waals surface area contributed by atoms with Crippen molar-refractivity contribution in [2.45, 2.75) is 46.1 Å². The Bertz CT molecular complexity index is 917. The number of ether oxygens (including phenoxy) is 3. The molecule has 0 aromatic heterocycles. The van der Waals surface area contributed by atoms with Crippen LogP contribution in [-0.4, -0.2) is 29.7 Å². The van der Waals surface area contributed by atoms with Gasteiger partial charge in [0.25, 0.3) is 6.26 Å². The second-order valence-corrected chi connectivity index (χ2v) is 9.33. The first kappa shape index (κ1) is 23.1. The van der Waals surface area contributed by atoms with Gasteiger partial charge in [-0.25, -0.2) is 14.5 Å². The lowest BCUT2D eigenvalue weighted by Gasteiger charge is -2.47. The van der Waals surface area contributed by atoms with Crippen molar-refractivity contribution in [2.24, 2.45) is 10.8 Å². The summed E-state index contributed by atoms with van der Waals surface area (Å²) in [4.78, 5) is 27.5. The lowest BCUT2D eigenvalue weighted by Crippen LogP contribution is -2.54. The molecule has 1 saturated carbocycles. The molecule has 1 fully saturated rings. The molecule has 0 aliphatic heterocycles. The first-order valence-electron chi connectivity index (χ1n) is 10.6. The van der Waals surface area contributed by atoms with Crippen molar-refractivity contribution in [1.29, 1.82) is 5.26 Å². The molecule has 1 aliphatic carbocycles. The average Bonchev–Trinajstić information content (AvgIpc) is 2.72. The van der Waals surface area contributed by atoms with E-state index in [-0.39, 0.29) is 12.0 Å². The van der Waals surface area contributed by atoms with E-state index in [1.165, 1.54) is 0 Å². The number of amides is 2. The van der Waals surface area contributed by atoms with Gasteiger partial charge < -0.3 is 14.2 Å². The summed E-state index contributed by atoms with van der Waals surface area (Å²) in [5.41, 5.74) is -0.602. The summed E-state index contributed by atoms with van der Waals surface area (Å²) in [6.07, 6.45) is 1.94. The van der Waals surface area contributed by atoms with E-state index < -0.39 is 23.6 Å². The lowest BCUT2D eigenvalue weighted by molar-refractivity contribution is -0.00545. The maximum Gasteiger partial charge on any atom is 0.425 e. The van der Waals surface area contributed by atoms with Gasteiger partial charge in [0.2, 0.25) is 0 Å². The van der Waals surface area contributed by atoms with Crippen LogP contribution in [0.25, 0.3) is 0 Å². The summed E-state index contributed by atoms with van der Waals surface area (Å²) < 4.78 is 16.1. The Hall–Kier alpha value is -3.53. The van der Waals surface area contributed by atoms with E-state index in [1.54, 1.807) is 54.8 Å². The number of hydrogen-bond donors (Lipinski definition) is 0. The zero-order valence-corrected chi connectivity index (χ0v) is 18.6. The highest BCUT2D eigenvalue weighted by molar-refractivity contribution is 5.90. The van der Waals surface area contributed by atoms with Crippen molar-refractivity contribution in [3.8, 4) is 17.8 Å². The van der Waals surface area contributed by atoms with Crippen LogP contribution in [0.4, 0.5) is 9.59 Å². The van der Waals surface area contributed by atoms with Crippen LogP contribution in [0.5, 0.6) is 11.5 Å². The molecule has 0 N–H and O–H groups in total. The smallest absolute Gasteiger partial charge is 0.425 e. The molecule has 7 heteroatoms. The van der Waals surface area contributed by atoms with Crippen LogP contribution < -0.4 is 9.47 Å². The zero-order chi connectivity index (χ0) is 23.2. The van der Waals surface area contributed by atoms with Crippen molar-refractivity contribution in [1.82, 2.24) is 4.90 Å². The fraction of sp³-hybridized carbons (Fsp3) is 0.400. The van der Waals surface area contributed by atoms with Crippen molar-refractivity contribution in [3.63, 3.8) is 0 Å². The number of hydrogen-bond acceptors (Lipinski definition) is 6. The second kappa shape index (κ2) is 9.73. The highest BCUT2D eigenvalue weighted by Gasteiger charge is 2.47. The van der Waals surface area contributed by atoms with Gasteiger partial charge in [-0.3, -0.25) is 0 Å². The first-order chi connectivity index (χ1) is 15.2. The summed E-state index contributed by atoms with van der Waals surface area (Å²) in [5.74, 6) is 0.668. The number of nitriles is 1. The van der Waals surface area contributed by atoms with Gasteiger partial charge in [0.1, 0.15) is 18.1 Å². The molecule has 0 radical (unpaired) electrons. The summed E-state index contributed by atoms with van der Waals surface area (Å²) >= 11 is 0. The zero-order valence-electron chi connectivity index (χ0n) is 18.6. The number of para-hydroxylation sites is 2. The highest BCUT2D eigenvalue weighted by Crippen LogP contribution is 2.48. The maximum atomic E-state index is 13.2. The molecular formula is C25H28N2O5. The number of carbonyl (C=O) groups excluding carboxylic acids is 2. The number of nitrogens with zero attached hydrogens (tertiary/aromatic N) is 2. The predicted molar refractivity (Wildman–Crippen MR) is 118 cm³/mol. The largest absolute Gasteiger partial charge is 0.427 e. The summed E-state index contributed by atoms with van der Waals surface area (Å²) in [6.45, 7) is 6.36. The van der Waals surface area contributed by atoms with Crippen LogP contribution in [0.2, 0.25) is 0 Å². The number of rotatable bonds is 5. The van der Waals surface area contributed by atoms with Gasteiger partial charge in [-0.2, -0.15) is 5.26 Å². The van der Waals surface area contributed by atoms with Gasteiger partial charge in [-0.1, -0.05) is 57.2 Å². The standard InChI is InChI=1S/C25H28N2O5/c1-24(2)14-19(15-25(3,16-24)17-30-18-26)27(22(28)31-20-10-6-4-7-11-20)23(29)32-21-12-8-5-9-13-21/h4-13,19H,14-17H2,1-3H3. The van der Waals surface area contributed by atoms with E-state index in [0.717, 1.165) is 11.3 Å². The van der Waals surface area contributed by atoms with Crippen molar-refractivity contribution < 1.29 is 23.8 Å². The monoisotopic (exact) mass is 436 g/mol. The molecule has 2 aromatic rings. The number of benzene rings is 2. The molecule has 7 nitrogen and oxygen atoms in total. The van der Waals surface area contributed by atoms with Crippen molar-refractivity contribution >= 4 is 12.2 Å². The van der Waals surface area contributed by atoms with E-state index >= 15 is 0 Å². The fourth-order valence-corrected chi connectivity index (χ4v) is 4.73. The lowest BCUT2D eigenvalue weighted by atomic mass is 9.62. The topological polar surface area (TPSA) is 88.9 Å². The molecule has 0 spiro atoms.